The Hall–Kier alpha value is -3.50. The molecule has 4 rings (SSSR count). The van der Waals surface area contributed by atoms with E-state index in [9.17, 15) is 4.79 Å². The number of allylic oxidation sites excluding steroid dienone is 14. The van der Waals surface area contributed by atoms with Gasteiger partial charge in [-0.15, -0.1) is 11.3 Å². The number of hydrogen-bond acceptors (Lipinski definition) is 3. The zero-order valence-electron chi connectivity index (χ0n) is 15.1. The van der Waals surface area contributed by atoms with E-state index in [0.29, 0.717) is 11.3 Å². The maximum Gasteiger partial charge on any atom is 0.255 e. The summed E-state index contributed by atoms with van der Waals surface area (Å²) in [6, 6.07) is 2.00. The van der Waals surface area contributed by atoms with E-state index >= 15 is 0 Å². The summed E-state index contributed by atoms with van der Waals surface area (Å²) in [6.07, 6.45) is 28.8. The molecule has 0 spiro atoms. The van der Waals surface area contributed by atoms with Gasteiger partial charge in [-0.3, -0.25) is 9.78 Å². The molecular formula is C24H18N2OS. The zero-order valence-corrected chi connectivity index (χ0v) is 15.9. The molecule has 0 radical (unpaired) electrons. The van der Waals surface area contributed by atoms with Gasteiger partial charge >= 0.3 is 0 Å². The van der Waals surface area contributed by atoms with Gasteiger partial charge in [0, 0.05) is 11.1 Å². The Morgan fingerprint density at radius 1 is 0.857 bits per heavy atom. The summed E-state index contributed by atoms with van der Waals surface area (Å²) in [7, 11) is 0. The normalized spacial score (nSPS) is 26.1. The van der Waals surface area contributed by atoms with E-state index in [1.165, 1.54) is 0 Å². The van der Waals surface area contributed by atoms with Crippen LogP contribution in [0, 0.1) is 0 Å². The molecule has 136 valence electrons. The predicted octanol–water partition coefficient (Wildman–Crippen LogP) is 5.91. The number of carbonyl (C=O) groups is 1. The fourth-order valence-corrected chi connectivity index (χ4v) is 3.86. The molecule has 2 aromatic heterocycles. The highest BCUT2D eigenvalue weighted by Gasteiger charge is 2.16. The van der Waals surface area contributed by atoms with E-state index in [2.05, 4.69) is 10.3 Å². The summed E-state index contributed by atoms with van der Waals surface area (Å²) in [5.74, 6) is -0.166. The van der Waals surface area contributed by atoms with E-state index in [1.807, 2.05) is 84.4 Å². The average molecular weight is 382 g/mol. The standard InChI is InChI=1S/C24H18N2OS/c27-24(19-13-9-5-2-6-10-14-19)26-21-17-25-20-15-16-28-23(20)22(21)18-11-7-3-1-4-8-12-18/h1-17H,(H,26,27)/b3-1-,4-1?,5-2-,6-2?,7-3?,8-4-,9-5?,10-6-,11-7-,12-8?,13-9-,14-10?,18-11?,18-12+,19-13?,19-14+. The molecule has 4 heteroatoms. The molecule has 0 atom stereocenters. The predicted molar refractivity (Wildman–Crippen MR) is 119 cm³/mol. The van der Waals surface area contributed by atoms with Crippen LogP contribution in [0.5, 0.6) is 0 Å². The van der Waals surface area contributed by atoms with E-state index in [4.69, 9.17) is 0 Å². The molecule has 28 heavy (non-hydrogen) atoms. The highest BCUT2D eigenvalue weighted by molar-refractivity contribution is 7.17. The molecule has 0 fully saturated rings. The first-order valence-corrected chi connectivity index (χ1v) is 9.82. The quantitative estimate of drug-likeness (QED) is 0.717. The maximum absolute atomic E-state index is 12.9. The Kier molecular flexibility index (Phi) is 5.41. The van der Waals surface area contributed by atoms with Gasteiger partial charge in [0.1, 0.15) is 0 Å². The minimum Gasteiger partial charge on any atom is -0.320 e. The van der Waals surface area contributed by atoms with E-state index < -0.39 is 0 Å². The lowest BCUT2D eigenvalue weighted by atomic mass is 10.0. The number of carbonyl (C=O) groups excluding carboxylic acids is 1. The van der Waals surface area contributed by atoms with Crippen LogP contribution in [0.3, 0.4) is 0 Å². The van der Waals surface area contributed by atoms with Gasteiger partial charge in [-0.25, -0.2) is 0 Å². The van der Waals surface area contributed by atoms with Crippen molar-refractivity contribution in [2.45, 2.75) is 0 Å². The number of fused-ring (bicyclic) bond motifs is 1. The molecule has 0 bridgehead atoms. The third kappa shape index (κ3) is 3.92. The van der Waals surface area contributed by atoms with Gasteiger partial charge in [0.2, 0.25) is 0 Å². The Morgan fingerprint density at radius 2 is 1.57 bits per heavy atom. The van der Waals surface area contributed by atoms with Crippen molar-refractivity contribution in [3.05, 3.63) is 114 Å². The third-order valence-corrected chi connectivity index (χ3v) is 5.19. The number of nitrogens with one attached hydrogen (secondary N) is 1. The van der Waals surface area contributed by atoms with Gasteiger partial charge in [-0.05, 0) is 29.2 Å². The van der Waals surface area contributed by atoms with Crippen molar-refractivity contribution in [3.8, 4) is 0 Å². The number of hydrogen-bond donors (Lipinski definition) is 1. The molecule has 0 saturated carbocycles. The van der Waals surface area contributed by atoms with Crippen LogP contribution in [0.25, 0.3) is 15.8 Å². The first-order chi connectivity index (χ1) is 13.8. The maximum atomic E-state index is 12.9. The topological polar surface area (TPSA) is 42.0 Å². The Morgan fingerprint density at radius 3 is 2.43 bits per heavy atom. The van der Waals surface area contributed by atoms with E-state index in [0.717, 1.165) is 21.4 Å². The van der Waals surface area contributed by atoms with Crippen molar-refractivity contribution in [1.82, 2.24) is 4.98 Å². The molecule has 2 aliphatic rings. The van der Waals surface area contributed by atoms with E-state index in [1.54, 1.807) is 29.7 Å². The summed E-state index contributed by atoms with van der Waals surface area (Å²) < 4.78 is 1.05. The van der Waals surface area contributed by atoms with Crippen LogP contribution < -0.4 is 5.32 Å². The third-order valence-electron chi connectivity index (χ3n) is 4.26. The highest BCUT2D eigenvalue weighted by atomic mass is 32.1. The number of amides is 1. The molecule has 0 saturated heterocycles. The SMILES string of the molecule is O=C(Nc1cnc2ccsc2c1C1=C/C=C\C=C/C=C\1)C1=C/C=C\C=C/C=C\1. The second kappa shape index (κ2) is 8.46. The molecule has 2 aromatic rings. The molecule has 1 N–H and O–H groups in total. The Labute approximate surface area is 167 Å². The van der Waals surface area contributed by atoms with Crippen molar-refractivity contribution in [2.75, 3.05) is 5.32 Å². The van der Waals surface area contributed by atoms with E-state index in [-0.39, 0.29) is 5.91 Å². The smallest absolute Gasteiger partial charge is 0.255 e. The number of rotatable bonds is 3. The zero-order chi connectivity index (χ0) is 19.2. The van der Waals surface area contributed by atoms with Crippen molar-refractivity contribution < 1.29 is 4.79 Å². The van der Waals surface area contributed by atoms with Gasteiger partial charge in [-0.2, -0.15) is 0 Å². The highest BCUT2D eigenvalue weighted by Crippen LogP contribution is 2.35. The first kappa shape index (κ1) is 17.9. The number of thiophene rings is 1. The molecule has 0 aromatic carbocycles. The largest absolute Gasteiger partial charge is 0.320 e. The lowest BCUT2D eigenvalue weighted by molar-refractivity contribution is -0.112. The number of pyridine rings is 1. The Bertz CT molecular complexity index is 1150. The second-order valence-electron chi connectivity index (χ2n) is 6.14. The van der Waals surface area contributed by atoms with Crippen LogP contribution in [-0.2, 0) is 4.79 Å². The molecule has 3 nitrogen and oxygen atoms in total. The number of aromatic nitrogens is 1. The van der Waals surface area contributed by atoms with Crippen LogP contribution in [0.4, 0.5) is 5.69 Å². The number of anilines is 1. The molecule has 0 unspecified atom stereocenters. The molecule has 0 aliphatic heterocycles. The minimum absolute atomic E-state index is 0.166. The van der Waals surface area contributed by atoms with Crippen LogP contribution in [0.15, 0.2) is 108 Å². The van der Waals surface area contributed by atoms with Gasteiger partial charge in [0.05, 0.1) is 22.1 Å². The molecule has 1 amide bonds. The Balaban J connectivity index is 1.76. The van der Waals surface area contributed by atoms with Crippen molar-refractivity contribution in [1.29, 1.82) is 0 Å². The van der Waals surface area contributed by atoms with Gasteiger partial charge in [-0.1, -0.05) is 72.9 Å². The molecule has 2 heterocycles. The minimum atomic E-state index is -0.166. The second-order valence-corrected chi connectivity index (χ2v) is 7.05. The van der Waals surface area contributed by atoms with Gasteiger partial charge in [0.25, 0.3) is 5.91 Å². The van der Waals surface area contributed by atoms with Crippen molar-refractivity contribution in [3.63, 3.8) is 0 Å². The fraction of sp³-hybridized carbons (Fsp3) is 0. The monoisotopic (exact) mass is 382 g/mol. The van der Waals surface area contributed by atoms with Gasteiger partial charge in [0.15, 0.2) is 0 Å². The van der Waals surface area contributed by atoms with Crippen LogP contribution >= 0.6 is 11.3 Å². The molecule has 2 aliphatic carbocycles. The van der Waals surface area contributed by atoms with Crippen molar-refractivity contribution >= 4 is 38.7 Å². The average Bonchev–Trinajstić information content (AvgIpc) is 3.10. The van der Waals surface area contributed by atoms with Gasteiger partial charge < -0.3 is 5.32 Å². The summed E-state index contributed by atoms with van der Waals surface area (Å²) in [5, 5.41) is 5.08. The summed E-state index contributed by atoms with van der Waals surface area (Å²) in [4.78, 5) is 17.4. The molecular weight excluding hydrogens is 364 g/mol. The lowest BCUT2D eigenvalue weighted by Crippen LogP contribution is -2.15. The van der Waals surface area contributed by atoms with Crippen LogP contribution in [0.1, 0.15) is 5.56 Å². The van der Waals surface area contributed by atoms with Crippen LogP contribution in [0.2, 0.25) is 0 Å². The summed E-state index contributed by atoms with van der Waals surface area (Å²) in [6.45, 7) is 0. The first-order valence-electron chi connectivity index (χ1n) is 8.94. The lowest BCUT2D eigenvalue weighted by Gasteiger charge is -2.13. The fourth-order valence-electron chi connectivity index (χ4n) is 2.94. The number of nitrogens with zero attached hydrogens (tertiary/aromatic N) is 1. The summed E-state index contributed by atoms with van der Waals surface area (Å²) >= 11 is 1.62. The van der Waals surface area contributed by atoms with Crippen molar-refractivity contribution in [2.24, 2.45) is 0 Å². The van der Waals surface area contributed by atoms with Crippen LogP contribution in [-0.4, -0.2) is 10.9 Å². The summed E-state index contributed by atoms with van der Waals surface area (Å²) in [5.41, 5.74) is 4.21.